The molecule has 1 atom stereocenters. The number of hydrogen-bond acceptors (Lipinski definition) is 4. The van der Waals surface area contributed by atoms with Gasteiger partial charge in [-0.15, -0.1) is 0 Å². The number of hydrogen-bond donors (Lipinski definition) is 1. The molecule has 1 unspecified atom stereocenters. The first-order chi connectivity index (χ1) is 8.28. The Morgan fingerprint density at radius 3 is 3.06 bits per heavy atom. The standard InChI is InChI=1S/C13H21N3O/c1-3-4-11-7-10(2)15-13(16-11)8-12-9-14-5-6-17-12/h7,12,14H,3-6,8-9H2,1-2H3. The van der Waals surface area contributed by atoms with Crippen LogP contribution >= 0.6 is 0 Å². The second-order valence-corrected chi connectivity index (χ2v) is 4.57. The van der Waals surface area contributed by atoms with E-state index in [1.807, 2.05) is 6.92 Å². The van der Waals surface area contributed by atoms with Gasteiger partial charge in [0.15, 0.2) is 0 Å². The summed E-state index contributed by atoms with van der Waals surface area (Å²) < 4.78 is 5.68. The van der Waals surface area contributed by atoms with Crippen molar-refractivity contribution in [1.29, 1.82) is 0 Å². The van der Waals surface area contributed by atoms with Gasteiger partial charge in [0.2, 0.25) is 0 Å². The molecule has 1 aromatic heterocycles. The van der Waals surface area contributed by atoms with Crippen molar-refractivity contribution in [3.63, 3.8) is 0 Å². The molecule has 4 nitrogen and oxygen atoms in total. The van der Waals surface area contributed by atoms with Crippen molar-refractivity contribution in [3.05, 3.63) is 23.3 Å². The SMILES string of the molecule is CCCc1cc(C)nc(CC2CNCCO2)n1. The lowest BCUT2D eigenvalue weighted by atomic mass is 10.2. The van der Waals surface area contributed by atoms with E-state index in [1.54, 1.807) is 0 Å². The second kappa shape index (κ2) is 6.07. The van der Waals surface area contributed by atoms with Crippen molar-refractivity contribution < 1.29 is 4.74 Å². The summed E-state index contributed by atoms with van der Waals surface area (Å²) in [7, 11) is 0. The third-order valence-corrected chi connectivity index (χ3v) is 2.87. The minimum Gasteiger partial charge on any atom is -0.375 e. The molecule has 0 spiro atoms. The van der Waals surface area contributed by atoms with Gasteiger partial charge in [-0.3, -0.25) is 0 Å². The highest BCUT2D eigenvalue weighted by atomic mass is 16.5. The van der Waals surface area contributed by atoms with Gasteiger partial charge in [-0.1, -0.05) is 13.3 Å². The van der Waals surface area contributed by atoms with Crippen LogP contribution in [-0.2, 0) is 17.6 Å². The molecule has 0 aliphatic carbocycles. The van der Waals surface area contributed by atoms with Crippen LogP contribution in [0.3, 0.4) is 0 Å². The number of ether oxygens (including phenoxy) is 1. The van der Waals surface area contributed by atoms with Gasteiger partial charge in [0, 0.05) is 30.9 Å². The number of morpholine rings is 1. The first-order valence-corrected chi connectivity index (χ1v) is 6.43. The van der Waals surface area contributed by atoms with Gasteiger partial charge < -0.3 is 10.1 Å². The quantitative estimate of drug-likeness (QED) is 0.853. The zero-order valence-corrected chi connectivity index (χ0v) is 10.7. The summed E-state index contributed by atoms with van der Waals surface area (Å²) in [6, 6.07) is 2.08. The molecule has 4 heteroatoms. The van der Waals surface area contributed by atoms with Crippen molar-refractivity contribution in [2.75, 3.05) is 19.7 Å². The zero-order valence-electron chi connectivity index (χ0n) is 10.7. The van der Waals surface area contributed by atoms with Crippen LogP contribution in [-0.4, -0.2) is 35.8 Å². The monoisotopic (exact) mass is 235 g/mol. The van der Waals surface area contributed by atoms with Crippen molar-refractivity contribution in [3.8, 4) is 0 Å². The van der Waals surface area contributed by atoms with E-state index in [0.29, 0.717) is 0 Å². The fourth-order valence-corrected chi connectivity index (χ4v) is 2.13. The number of nitrogens with one attached hydrogen (secondary N) is 1. The van der Waals surface area contributed by atoms with E-state index in [1.165, 1.54) is 0 Å². The smallest absolute Gasteiger partial charge is 0.131 e. The molecular weight excluding hydrogens is 214 g/mol. The highest BCUT2D eigenvalue weighted by molar-refractivity contribution is 5.10. The van der Waals surface area contributed by atoms with Gasteiger partial charge in [0.05, 0.1) is 12.7 Å². The van der Waals surface area contributed by atoms with Crippen LogP contribution in [0.25, 0.3) is 0 Å². The van der Waals surface area contributed by atoms with Gasteiger partial charge in [0.25, 0.3) is 0 Å². The average Bonchev–Trinajstić information content (AvgIpc) is 2.30. The van der Waals surface area contributed by atoms with Crippen molar-refractivity contribution in [2.24, 2.45) is 0 Å². The van der Waals surface area contributed by atoms with E-state index in [0.717, 1.165) is 56.2 Å². The molecule has 1 N–H and O–H groups in total. The van der Waals surface area contributed by atoms with Crippen molar-refractivity contribution >= 4 is 0 Å². The van der Waals surface area contributed by atoms with Gasteiger partial charge in [-0.25, -0.2) is 9.97 Å². The second-order valence-electron chi connectivity index (χ2n) is 4.57. The molecule has 0 amide bonds. The summed E-state index contributed by atoms with van der Waals surface area (Å²) in [4.78, 5) is 9.09. The van der Waals surface area contributed by atoms with Crippen LogP contribution in [0.2, 0.25) is 0 Å². The van der Waals surface area contributed by atoms with E-state index in [-0.39, 0.29) is 6.10 Å². The minimum absolute atomic E-state index is 0.222. The van der Waals surface area contributed by atoms with Crippen molar-refractivity contribution in [1.82, 2.24) is 15.3 Å². The Labute approximate surface area is 103 Å². The topological polar surface area (TPSA) is 47.0 Å². The number of aromatic nitrogens is 2. The minimum atomic E-state index is 0.222. The lowest BCUT2D eigenvalue weighted by Gasteiger charge is -2.23. The molecule has 0 bridgehead atoms. The molecule has 17 heavy (non-hydrogen) atoms. The van der Waals surface area contributed by atoms with E-state index in [2.05, 4.69) is 28.3 Å². The van der Waals surface area contributed by atoms with E-state index < -0.39 is 0 Å². The van der Waals surface area contributed by atoms with Crippen molar-refractivity contribution in [2.45, 2.75) is 39.2 Å². The third-order valence-electron chi connectivity index (χ3n) is 2.87. The largest absolute Gasteiger partial charge is 0.375 e. The highest BCUT2D eigenvalue weighted by Gasteiger charge is 2.15. The number of nitrogens with zero attached hydrogens (tertiary/aromatic N) is 2. The maximum absolute atomic E-state index is 5.68. The fourth-order valence-electron chi connectivity index (χ4n) is 2.13. The van der Waals surface area contributed by atoms with Crippen LogP contribution < -0.4 is 5.32 Å². The predicted octanol–water partition coefficient (Wildman–Crippen LogP) is 1.27. The molecular formula is C13H21N3O. The predicted molar refractivity (Wildman–Crippen MR) is 67.1 cm³/mol. The van der Waals surface area contributed by atoms with Crippen LogP contribution in [0.4, 0.5) is 0 Å². The summed E-state index contributed by atoms with van der Waals surface area (Å²) in [6.07, 6.45) is 3.18. The van der Waals surface area contributed by atoms with Gasteiger partial charge in [-0.2, -0.15) is 0 Å². The Balaban J connectivity index is 2.03. The van der Waals surface area contributed by atoms with Crippen LogP contribution in [0.5, 0.6) is 0 Å². The highest BCUT2D eigenvalue weighted by Crippen LogP contribution is 2.08. The van der Waals surface area contributed by atoms with Crippen LogP contribution in [0, 0.1) is 6.92 Å². The molecule has 1 aromatic rings. The Morgan fingerprint density at radius 2 is 2.35 bits per heavy atom. The maximum atomic E-state index is 5.68. The molecule has 1 aliphatic rings. The Morgan fingerprint density at radius 1 is 1.47 bits per heavy atom. The van der Waals surface area contributed by atoms with Crippen LogP contribution in [0.15, 0.2) is 6.07 Å². The first-order valence-electron chi connectivity index (χ1n) is 6.43. The Bertz CT molecular complexity index is 362. The zero-order chi connectivity index (χ0) is 12.1. The van der Waals surface area contributed by atoms with Gasteiger partial charge in [0.1, 0.15) is 5.82 Å². The summed E-state index contributed by atoms with van der Waals surface area (Å²) >= 11 is 0. The number of aryl methyl sites for hydroxylation is 2. The van der Waals surface area contributed by atoms with Gasteiger partial charge in [-0.05, 0) is 19.4 Å². The Kier molecular flexibility index (Phi) is 4.45. The number of rotatable bonds is 4. The third kappa shape index (κ3) is 3.75. The molecule has 0 saturated carbocycles. The normalized spacial score (nSPS) is 20.5. The molecule has 0 aromatic carbocycles. The summed E-state index contributed by atoms with van der Waals surface area (Å²) in [5.74, 6) is 0.919. The molecule has 1 saturated heterocycles. The Hall–Kier alpha value is -1.00. The lowest BCUT2D eigenvalue weighted by molar-refractivity contribution is 0.0280. The summed E-state index contributed by atoms with van der Waals surface area (Å²) in [5, 5.41) is 3.33. The fraction of sp³-hybridized carbons (Fsp3) is 0.692. The molecule has 2 heterocycles. The molecule has 0 radical (unpaired) electrons. The molecule has 1 aliphatic heterocycles. The summed E-state index contributed by atoms with van der Waals surface area (Å²) in [6.45, 7) is 6.85. The summed E-state index contributed by atoms with van der Waals surface area (Å²) in [5.41, 5.74) is 2.21. The average molecular weight is 235 g/mol. The molecule has 2 rings (SSSR count). The maximum Gasteiger partial charge on any atom is 0.131 e. The first kappa shape index (κ1) is 12.5. The van der Waals surface area contributed by atoms with E-state index in [9.17, 15) is 0 Å². The van der Waals surface area contributed by atoms with E-state index >= 15 is 0 Å². The lowest BCUT2D eigenvalue weighted by Crippen LogP contribution is -2.39. The van der Waals surface area contributed by atoms with Gasteiger partial charge >= 0.3 is 0 Å². The van der Waals surface area contributed by atoms with E-state index in [4.69, 9.17) is 4.74 Å². The molecule has 1 fully saturated rings. The molecule has 94 valence electrons. The van der Waals surface area contributed by atoms with Crippen LogP contribution in [0.1, 0.15) is 30.6 Å².